The van der Waals surface area contributed by atoms with Gasteiger partial charge < -0.3 is 10.2 Å². The molecule has 2 aromatic rings. The zero-order valence-corrected chi connectivity index (χ0v) is 19.0. The fourth-order valence-corrected chi connectivity index (χ4v) is 5.10. The van der Waals surface area contributed by atoms with E-state index in [1.807, 2.05) is 18.5 Å². The number of hydrogen-bond donors (Lipinski definition) is 2. The van der Waals surface area contributed by atoms with Gasteiger partial charge in [0.25, 0.3) is 0 Å². The van der Waals surface area contributed by atoms with E-state index in [0.717, 1.165) is 43.7 Å². The number of rotatable bonds is 5. The maximum Gasteiger partial charge on any atom is 0.229 e. The van der Waals surface area contributed by atoms with Crippen LogP contribution in [-0.4, -0.2) is 46.1 Å². The Morgan fingerprint density at radius 2 is 2.00 bits per heavy atom. The van der Waals surface area contributed by atoms with Gasteiger partial charge in [0.1, 0.15) is 11.7 Å². The molecule has 1 aromatic heterocycles. The normalized spacial score (nSPS) is 26.2. The second-order valence-electron chi connectivity index (χ2n) is 10.5. The average molecular weight is 411 g/mol. The largest absolute Gasteiger partial charge is 0.353 e. The molecule has 1 amide bonds. The van der Waals surface area contributed by atoms with Crippen LogP contribution in [0.25, 0.3) is 11.3 Å². The van der Waals surface area contributed by atoms with Crippen molar-refractivity contribution in [3.8, 4) is 11.3 Å². The van der Waals surface area contributed by atoms with Gasteiger partial charge in [-0.2, -0.15) is 0 Å². The first-order valence-corrected chi connectivity index (χ1v) is 11.4. The van der Waals surface area contributed by atoms with Gasteiger partial charge in [0.15, 0.2) is 0 Å². The molecule has 0 aliphatic carbocycles. The summed E-state index contributed by atoms with van der Waals surface area (Å²) in [5.41, 5.74) is 3.51. The molecule has 1 aromatic carbocycles. The quantitative estimate of drug-likeness (QED) is 0.793. The van der Waals surface area contributed by atoms with Crippen molar-refractivity contribution in [2.24, 2.45) is 11.8 Å². The number of carbonyl (C=O) groups is 1. The minimum atomic E-state index is 0.150. The molecule has 6 nitrogen and oxygen atoms in total. The summed E-state index contributed by atoms with van der Waals surface area (Å²) in [6.45, 7) is 13.7. The molecule has 162 valence electrons. The van der Waals surface area contributed by atoms with E-state index in [0.29, 0.717) is 12.0 Å². The smallest absolute Gasteiger partial charge is 0.229 e. The van der Waals surface area contributed by atoms with E-state index in [2.05, 4.69) is 66.9 Å². The monoisotopic (exact) mass is 410 g/mol. The second kappa shape index (κ2) is 8.14. The fourth-order valence-electron chi connectivity index (χ4n) is 5.10. The highest BCUT2D eigenvalue weighted by atomic mass is 16.2. The Morgan fingerprint density at radius 3 is 2.60 bits per heavy atom. The van der Waals surface area contributed by atoms with Crippen molar-refractivity contribution in [2.45, 2.75) is 71.5 Å². The average Bonchev–Trinajstić information content (AvgIpc) is 3.16. The van der Waals surface area contributed by atoms with E-state index in [4.69, 9.17) is 0 Å². The van der Waals surface area contributed by atoms with Crippen LogP contribution in [0.4, 0.5) is 0 Å². The molecule has 0 radical (unpaired) electrons. The number of quaternary nitrogens is 1. The highest BCUT2D eigenvalue weighted by Crippen LogP contribution is 2.28. The summed E-state index contributed by atoms with van der Waals surface area (Å²) >= 11 is 0. The lowest BCUT2D eigenvalue weighted by Gasteiger charge is -2.46. The number of fused-ring (bicyclic) bond motifs is 3. The van der Waals surface area contributed by atoms with E-state index in [1.54, 1.807) is 4.90 Å². The zero-order valence-electron chi connectivity index (χ0n) is 19.0. The molecule has 2 N–H and O–H groups in total. The van der Waals surface area contributed by atoms with Crippen LogP contribution in [0.2, 0.25) is 0 Å². The lowest BCUT2D eigenvalue weighted by atomic mass is 9.75. The topological polar surface area (TPSA) is 64.2 Å². The van der Waals surface area contributed by atoms with E-state index in [1.165, 1.54) is 5.56 Å². The first-order chi connectivity index (χ1) is 14.2. The van der Waals surface area contributed by atoms with E-state index >= 15 is 0 Å². The second-order valence-corrected chi connectivity index (χ2v) is 10.5. The lowest BCUT2D eigenvalue weighted by molar-refractivity contribution is -0.945. The Morgan fingerprint density at radius 1 is 1.27 bits per heavy atom. The van der Waals surface area contributed by atoms with Gasteiger partial charge in [0.05, 0.1) is 31.7 Å². The molecule has 3 fully saturated rings. The number of benzene rings is 1. The number of amides is 1. The van der Waals surface area contributed by atoms with Crippen LogP contribution >= 0.6 is 0 Å². The first kappa shape index (κ1) is 21.0. The van der Waals surface area contributed by atoms with Gasteiger partial charge in [0.2, 0.25) is 5.91 Å². The molecule has 1 unspecified atom stereocenters. The summed E-state index contributed by atoms with van der Waals surface area (Å²) in [5.74, 6) is 0.909. The third-order valence-electron chi connectivity index (χ3n) is 6.81. The van der Waals surface area contributed by atoms with Gasteiger partial charge >= 0.3 is 0 Å². The predicted molar refractivity (Wildman–Crippen MR) is 118 cm³/mol. The van der Waals surface area contributed by atoms with Crippen molar-refractivity contribution < 1.29 is 9.69 Å². The zero-order chi connectivity index (χ0) is 21.5. The van der Waals surface area contributed by atoms with Gasteiger partial charge in [-0.05, 0) is 30.7 Å². The Balaban J connectivity index is 1.40. The Labute approximate surface area is 180 Å². The summed E-state index contributed by atoms with van der Waals surface area (Å²) in [6, 6.07) is 9.39. The van der Waals surface area contributed by atoms with E-state index in [-0.39, 0.29) is 23.3 Å². The van der Waals surface area contributed by atoms with Crippen LogP contribution in [-0.2, 0) is 16.8 Å². The number of nitrogens with one attached hydrogen (secondary N) is 2. The van der Waals surface area contributed by atoms with Crippen LogP contribution in [0, 0.1) is 11.8 Å². The lowest BCUT2D eigenvalue weighted by Crippen LogP contribution is -3.20. The summed E-state index contributed by atoms with van der Waals surface area (Å²) in [5, 5.41) is 11.9. The SMILES string of the molecule is CC(C)NC(=O)[C@H]1C[NH+]2CC[C@@H]1C[C@@H]2Cn1cc(-c2ccc(C(C)(C)C)cc2)nn1. The van der Waals surface area contributed by atoms with Gasteiger partial charge in [-0.3, -0.25) is 4.79 Å². The standard InChI is InChI=1S/C24H35N5O/c1-16(2)25-23(30)21-14-28-11-10-18(21)12-20(28)13-29-15-22(26-27-29)17-6-8-19(9-7-17)24(3,4)5/h6-9,15-16,18,20-21H,10-14H2,1-5H3,(H,25,30)/p+1/t18-,20-,21+/m1/s1. The molecule has 0 spiro atoms. The molecule has 4 heterocycles. The molecule has 5 rings (SSSR count). The molecule has 3 aliphatic heterocycles. The van der Waals surface area contributed by atoms with E-state index in [9.17, 15) is 4.79 Å². The highest BCUT2D eigenvalue weighted by molar-refractivity contribution is 5.79. The predicted octanol–water partition coefficient (Wildman–Crippen LogP) is 2.06. The summed E-state index contributed by atoms with van der Waals surface area (Å²) < 4.78 is 1.99. The molecule has 2 bridgehead atoms. The first-order valence-electron chi connectivity index (χ1n) is 11.4. The van der Waals surface area contributed by atoms with Crippen molar-refractivity contribution in [3.63, 3.8) is 0 Å². The number of carbonyl (C=O) groups excluding carboxylic acids is 1. The van der Waals surface area contributed by atoms with Crippen molar-refractivity contribution in [1.82, 2.24) is 20.3 Å². The van der Waals surface area contributed by atoms with Crippen LogP contribution in [0.1, 0.15) is 53.0 Å². The van der Waals surface area contributed by atoms with Gasteiger partial charge in [-0.1, -0.05) is 50.3 Å². The Kier molecular flexibility index (Phi) is 5.71. The van der Waals surface area contributed by atoms with Crippen molar-refractivity contribution in [2.75, 3.05) is 13.1 Å². The molecular formula is C24H36N5O+. The molecule has 4 atom stereocenters. The summed E-state index contributed by atoms with van der Waals surface area (Å²) in [7, 11) is 0. The molecule has 0 saturated carbocycles. The van der Waals surface area contributed by atoms with Crippen LogP contribution in [0.5, 0.6) is 0 Å². The maximum atomic E-state index is 12.6. The molecule has 30 heavy (non-hydrogen) atoms. The van der Waals surface area contributed by atoms with Crippen molar-refractivity contribution in [1.29, 1.82) is 0 Å². The van der Waals surface area contributed by atoms with Crippen molar-refractivity contribution in [3.05, 3.63) is 36.0 Å². The fraction of sp³-hybridized carbons (Fsp3) is 0.625. The van der Waals surface area contributed by atoms with Crippen molar-refractivity contribution >= 4 is 5.91 Å². The number of hydrogen-bond acceptors (Lipinski definition) is 3. The molecular weight excluding hydrogens is 374 g/mol. The third kappa shape index (κ3) is 4.43. The number of piperidine rings is 3. The minimum absolute atomic E-state index is 0.150. The third-order valence-corrected chi connectivity index (χ3v) is 6.81. The summed E-state index contributed by atoms with van der Waals surface area (Å²) in [4.78, 5) is 14.1. The van der Waals surface area contributed by atoms with Crippen LogP contribution in [0.15, 0.2) is 30.5 Å². The van der Waals surface area contributed by atoms with Crippen LogP contribution < -0.4 is 10.2 Å². The molecule has 3 aliphatic rings. The maximum absolute atomic E-state index is 12.6. The highest BCUT2D eigenvalue weighted by Gasteiger charge is 2.46. The van der Waals surface area contributed by atoms with Gasteiger partial charge in [-0.15, -0.1) is 5.10 Å². The van der Waals surface area contributed by atoms with E-state index < -0.39 is 0 Å². The number of aromatic nitrogens is 3. The van der Waals surface area contributed by atoms with Gasteiger partial charge in [-0.25, -0.2) is 4.68 Å². The Hall–Kier alpha value is -2.21. The minimum Gasteiger partial charge on any atom is -0.353 e. The number of nitrogens with zero attached hydrogens (tertiary/aromatic N) is 3. The molecule has 3 saturated heterocycles. The summed E-state index contributed by atoms with van der Waals surface area (Å²) in [6.07, 6.45) is 4.32. The van der Waals surface area contributed by atoms with Crippen LogP contribution in [0.3, 0.4) is 0 Å². The van der Waals surface area contributed by atoms with Gasteiger partial charge in [0, 0.05) is 24.4 Å². The molecule has 6 heteroatoms. The Bertz CT molecular complexity index is 880.